The Balaban J connectivity index is 1.49. The molecule has 1 aliphatic carbocycles. The van der Waals surface area contributed by atoms with Crippen LogP contribution in [0.2, 0.25) is 0 Å². The number of thiazole rings is 1. The third-order valence-electron chi connectivity index (χ3n) is 3.59. The Bertz CT molecular complexity index is 549. The van der Waals surface area contributed by atoms with Crippen molar-refractivity contribution in [2.75, 3.05) is 6.54 Å². The molecule has 2 aromatic heterocycles. The fraction of sp³-hybridized carbons (Fsp3) is 0.538. The second-order valence-corrected chi connectivity index (χ2v) is 6.01. The van der Waals surface area contributed by atoms with Gasteiger partial charge in [-0.15, -0.1) is 11.3 Å². The van der Waals surface area contributed by atoms with E-state index in [1.165, 1.54) is 0 Å². The second-order valence-electron chi connectivity index (χ2n) is 5.14. The Morgan fingerprint density at radius 3 is 3.21 bits per heavy atom. The van der Waals surface area contributed by atoms with Gasteiger partial charge in [0.1, 0.15) is 0 Å². The van der Waals surface area contributed by atoms with Crippen LogP contribution in [0, 0.1) is 5.92 Å². The molecule has 2 aromatic rings. The largest absolute Gasteiger partial charge is 0.393 e. The van der Waals surface area contributed by atoms with E-state index >= 15 is 0 Å². The quantitative estimate of drug-likeness (QED) is 0.884. The highest BCUT2D eigenvalue weighted by Crippen LogP contribution is 2.24. The van der Waals surface area contributed by atoms with Crippen molar-refractivity contribution >= 4 is 22.2 Å². The van der Waals surface area contributed by atoms with E-state index in [1.807, 2.05) is 22.2 Å². The SMILES string of the molecule is O=C(Cc1cn2ccsc2n1)NCC1CCC(O)C1. The third kappa shape index (κ3) is 2.96. The lowest BCUT2D eigenvalue weighted by Gasteiger charge is -2.10. The number of aromatic nitrogens is 2. The summed E-state index contributed by atoms with van der Waals surface area (Å²) in [5.74, 6) is 0.427. The highest BCUT2D eigenvalue weighted by molar-refractivity contribution is 7.15. The van der Waals surface area contributed by atoms with Crippen LogP contribution in [-0.4, -0.2) is 33.0 Å². The van der Waals surface area contributed by atoms with Gasteiger partial charge in [-0.2, -0.15) is 0 Å². The highest BCUT2D eigenvalue weighted by atomic mass is 32.1. The van der Waals surface area contributed by atoms with E-state index < -0.39 is 0 Å². The zero-order chi connectivity index (χ0) is 13.2. The summed E-state index contributed by atoms with van der Waals surface area (Å²) in [5.41, 5.74) is 0.802. The van der Waals surface area contributed by atoms with E-state index in [1.54, 1.807) is 11.3 Å². The number of fused-ring (bicyclic) bond motifs is 1. The van der Waals surface area contributed by atoms with Crippen LogP contribution in [0.1, 0.15) is 25.0 Å². The summed E-state index contributed by atoms with van der Waals surface area (Å²) in [7, 11) is 0. The summed E-state index contributed by atoms with van der Waals surface area (Å²) in [4.78, 5) is 17.1. The monoisotopic (exact) mass is 279 g/mol. The summed E-state index contributed by atoms with van der Waals surface area (Å²) < 4.78 is 1.93. The number of aliphatic hydroxyl groups is 1. The fourth-order valence-corrected chi connectivity index (χ4v) is 3.30. The molecule has 3 rings (SSSR count). The van der Waals surface area contributed by atoms with E-state index in [-0.39, 0.29) is 12.0 Å². The van der Waals surface area contributed by atoms with Gasteiger partial charge in [-0.3, -0.25) is 9.20 Å². The Hall–Kier alpha value is -1.40. The number of carbonyl (C=O) groups is 1. The molecule has 0 spiro atoms. The van der Waals surface area contributed by atoms with Gasteiger partial charge in [0.05, 0.1) is 18.2 Å². The number of rotatable bonds is 4. The molecule has 1 fully saturated rings. The van der Waals surface area contributed by atoms with Crippen molar-refractivity contribution in [2.24, 2.45) is 5.92 Å². The predicted molar refractivity (Wildman–Crippen MR) is 73.1 cm³/mol. The molecule has 2 unspecified atom stereocenters. The molecular weight excluding hydrogens is 262 g/mol. The first kappa shape index (κ1) is 12.6. The molecule has 6 heteroatoms. The van der Waals surface area contributed by atoms with Crippen molar-refractivity contribution in [3.8, 4) is 0 Å². The molecule has 2 atom stereocenters. The average Bonchev–Trinajstić information content (AvgIpc) is 3.02. The summed E-state index contributed by atoms with van der Waals surface area (Å²) >= 11 is 1.56. The zero-order valence-electron chi connectivity index (χ0n) is 10.6. The van der Waals surface area contributed by atoms with Crippen LogP contribution in [0.3, 0.4) is 0 Å². The maximum atomic E-state index is 11.8. The molecule has 0 aromatic carbocycles. The van der Waals surface area contributed by atoms with Gasteiger partial charge in [0.15, 0.2) is 4.96 Å². The maximum Gasteiger partial charge on any atom is 0.226 e. The van der Waals surface area contributed by atoms with Gasteiger partial charge in [0.2, 0.25) is 5.91 Å². The molecule has 19 heavy (non-hydrogen) atoms. The smallest absolute Gasteiger partial charge is 0.226 e. The summed E-state index contributed by atoms with van der Waals surface area (Å²) in [6.45, 7) is 0.665. The number of imidazole rings is 1. The summed E-state index contributed by atoms with van der Waals surface area (Å²) in [6, 6.07) is 0. The predicted octanol–water partition coefficient (Wildman–Crippen LogP) is 1.22. The van der Waals surface area contributed by atoms with Gasteiger partial charge < -0.3 is 10.4 Å². The van der Waals surface area contributed by atoms with Gasteiger partial charge in [0, 0.05) is 24.3 Å². The zero-order valence-corrected chi connectivity index (χ0v) is 11.4. The van der Waals surface area contributed by atoms with Crippen LogP contribution in [-0.2, 0) is 11.2 Å². The summed E-state index contributed by atoms with van der Waals surface area (Å²) in [6.07, 6.45) is 6.64. The molecule has 1 aliphatic rings. The molecule has 102 valence electrons. The molecule has 0 radical (unpaired) electrons. The van der Waals surface area contributed by atoms with E-state index in [4.69, 9.17) is 0 Å². The van der Waals surface area contributed by atoms with Crippen molar-refractivity contribution in [3.05, 3.63) is 23.5 Å². The topological polar surface area (TPSA) is 66.6 Å². The van der Waals surface area contributed by atoms with Gasteiger partial charge in [-0.25, -0.2) is 4.98 Å². The third-order valence-corrected chi connectivity index (χ3v) is 4.36. The van der Waals surface area contributed by atoms with Crippen LogP contribution in [0.4, 0.5) is 0 Å². The lowest BCUT2D eigenvalue weighted by Crippen LogP contribution is -2.30. The van der Waals surface area contributed by atoms with Crippen molar-refractivity contribution in [1.29, 1.82) is 0 Å². The number of amides is 1. The second kappa shape index (κ2) is 5.30. The van der Waals surface area contributed by atoms with Crippen LogP contribution in [0.25, 0.3) is 4.96 Å². The van der Waals surface area contributed by atoms with E-state index in [2.05, 4.69) is 10.3 Å². The van der Waals surface area contributed by atoms with E-state index in [0.29, 0.717) is 18.9 Å². The molecule has 0 bridgehead atoms. The number of nitrogens with one attached hydrogen (secondary N) is 1. The maximum absolute atomic E-state index is 11.8. The first-order valence-electron chi connectivity index (χ1n) is 6.56. The molecule has 5 nitrogen and oxygen atoms in total. The molecule has 2 heterocycles. The minimum Gasteiger partial charge on any atom is -0.393 e. The van der Waals surface area contributed by atoms with Crippen molar-refractivity contribution in [2.45, 2.75) is 31.8 Å². The van der Waals surface area contributed by atoms with Crippen molar-refractivity contribution < 1.29 is 9.90 Å². The Morgan fingerprint density at radius 1 is 1.58 bits per heavy atom. The van der Waals surface area contributed by atoms with Gasteiger partial charge in [-0.1, -0.05) is 0 Å². The van der Waals surface area contributed by atoms with Crippen LogP contribution < -0.4 is 5.32 Å². The van der Waals surface area contributed by atoms with E-state index in [0.717, 1.165) is 29.9 Å². The number of nitrogens with zero attached hydrogens (tertiary/aromatic N) is 2. The molecule has 1 amide bonds. The molecular formula is C13H17N3O2S. The Kier molecular flexibility index (Phi) is 3.52. The number of carbonyl (C=O) groups excluding carboxylic acids is 1. The minimum absolute atomic E-state index is 0.00661. The van der Waals surface area contributed by atoms with Gasteiger partial charge in [0.25, 0.3) is 0 Å². The van der Waals surface area contributed by atoms with Crippen LogP contribution >= 0.6 is 11.3 Å². The molecule has 2 N–H and O–H groups in total. The minimum atomic E-state index is -0.179. The number of aliphatic hydroxyl groups excluding tert-OH is 1. The first-order valence-corrected chi connectivity index (χ1v) is 7.44. The standard InChI is InChI=1S/C13H17N3O2S/c17-11-2-1-9(5-11)7-14-12(18)6-10-8-16-3-4-19-13(16)15-10/h3-4,8-9,11,17H,1-2,5-7H2,(H,14,18). The van der Waals surface area contributed by atoms with E-state index in [9.17, 15) is 9.90 Å². The van der Waals surface area contributed by atoms with Crippen LogP contribution in [0.5, 0.6) is 0 Å². The van der Waals surface area contributed by atoms with Crippen molar-refractivity contribution in [3.63, 3.8) is 0 Å². The molecule has 0 aliphatic heterocycles. The summed E-state index contributed by atoms with van der Waals surface area (Å²) in [5, 5.41) is 14.3. The first-order chi connectivity index (χ1) is 9.20. The van der Waals surface area contributed by atoms with Gasteiger partial charge >= 0.3 is 0 Å². The lowest BCUT2D eigenvalue weighted by molar-refractivity contribution is -0.120. The lowest BCUT2D eigenvalue weighted by atomic mass is 10.1. The van der Waals surface area contributed by atoms with Crippen LogP contribution in [0.15, 0.2) is 17.8 Å². The molecule has 0 saturated heterocycles. The number of hydrogen-bond acceptors (Lipinski definition) is 4. The Morgan fingerprint density at radius 2 is 2.47 bits per heavy atom. The highest BCUT2D eigenvalue weighted by Gasteiger charge is 2.23. The number of hydrogen-bond donors (Lipinski definition) is 2. The Labute approximate surface area is 115 Å². The normalized spacial score (nSPS) is 23.0. The fourth-order valence-electron chi connectivity index (χ4n) is 2.58. The molecule has 1 saturated carbocycles. The van der Waals surface area contributed by atoms with Crippen molar-refractivity contribution in [1.82, 2.24) is 14.7 Å². The van der Waals surface area contributed by atoms with Gasteiger partial charge in [-0.05, 0) is 25.2 Å². The average molecular weight is 279 g/mol.